The Morgan fingerprint density at radius 1 is 1.47 bits per heavy atom. The number of hydrogen-bond donors (Lipinski definition) is 2. The number of carbonyl (C=O) groups is 1. The first-order chi connectivity index (χ1) is 8.15. The number of benzene rings is 1. The highest BCUT2D eigenvalue weighted by atomic mass is 16.4. The topological polar surface area (TPSA) is 49.3 Å². The van der Waals surface area contributed by atoms with Crippen molar-refractivity contribution in [2.75, 3.05) is 6.54 Å². The summed E-state index contributed by atoms with van der Waals surface area (Å²) >= 11 is 0. The van der Waals surface area contributed by atoms with Gasteiger partial charge in [-0.25, -0.2) is 0 Å². The van der Waals surface area contributed by atoms with E-state index in [4.69, 9.17) is 6.42 Å². The zero-order chi connectivity index (χ0) is 12.7. The summed E-state index contributed by atoms with van der Waals surface area (Å²) < 4.78 is 0. The molecule has 1 aromatic rings. The van der Waals surface area contributed by atoms with E-state index >= 15 is 0 Å². The standard InChI is InChI=1S/C14H17NO2/c1-3-7-11(2)15-10-13(14(16)17)12-8-5-4-6-9-12/h1,4-6,8-9,11,13,15H,7,10H2,2H3,(H,16,17). The first kappa shape index (κ1) is 13.3. The first-order valence-electron chi connectivity index (χ1n) is 5.59. The Morgan fingerprint density at radius 3 is 2.65 bits per heavy atom. The van der Waals surface area contributed by atoms with Crippen molar-refractivity contribution in [3.05, 3.63) is 35.9 Å². The van der Waals surface area contributed by atoms with Gasteiger partial charge in [-0.05, 0) is 12.5 Å². The van der Waals surface area contributed by atoms with Crippen LogP contribution in [0.4, 0.5) is 0 Å². The van der Waals surface area contributed by atoms with Crippen LogP contribution < -0.4 is 5.32 Å². The molecule has 0 fully saturated rings. The minimum absolute atomic E-state index is 0.130. The van der Waals surface area contributed by atoms with E-state index in [1.165, 1.54) is 0 Å². The Hall–Kier alpha value is -1.79. The number of carboxylic acids is 1. The fraction of sp³-hybridized carbons (Fsp3) is 0.357. The number of nitrogens with one attached hydrogen (secondary N) is 1. The van der Waals surface area contributed by atoms with Gasteiger partial charge in [0.1, 0.15) is 0 Å². The molecule has 0 radical (unpaired) electrons. The molecule has 0 saturated heterocycles. The Balaban J connectivity index is 2.63. The number of hydrogen-bond acceptors (Lipinski definition) is 2. The van der Waals surface area contributed by atoms with Gasteiger partial charge in [-0.1, -0.05) is 30.3 Å². The van der Waals surface area contributed by atoms with Crippen LogP contribution in [0.2, 0.25) is 0 Å². The molecular formula is C14H17NO2. The summed E-state index contributed by atoms with van der Waals surface area (Å²) in [5.74, 6) is 1.20. The second kappa shape index (κ2) is 6.72. The third-order valence-electron chi connectivity index (χ3n) is 2.59. The molecule has 0 aliphatic heterocycles. The predicted molar refractivity (Wildman–Crippen MR) is 67.7 cm³/mol. The largest absolute Gasteiger partial charge is 0.481 e. The number of aliphatic carboxylic acids is 1. The fourth-order valence-corrected chi connectivity index (χ4v) is 1.60. The molecule has 3 nitrogen and oxygen atoms in total. The monoisotopic (exact) mass is 231 g/mol. The Morgan fingerprint density at radius 2 is 2.12 bits per heavy atom. The zero-order valence-corrected chi connectivity index (χ0v) is 9.89. The van der Waals surface area contributed by atoms with Crippen LogP contribution in [0.1, 0.15) is 24.8 Å². The molecule has 0 aromatic heterocycles. The lowest BCUT2D eigenvalue weighted by atomic mass is 9.99. The van der Waals surface area contributed by atoms with Gasteiger partial charge in [0.2, 0.25) is 0 Å². The van der Waals surface area contributed by atoms with E-state index in [1.807, 2.05) is 37.3 Å². The molecule has 2 atom stereocenters. The van der Waals surface area contributed by atoms with Crippen LogP contribution in [0.25, 0.3) is 0 Å². The average molecular weight is 231 g/mol. The average Bonchev–Trinajstić information content (AvgIpc) is 2.30. The maximum atomic E-state index is 11.2. The molecule has 0 aliphatic rings. The van der Waals surface area contributed by atoms with Gasteiger partial charge < -0.3 is 10.4 Å². The van der Waals surface area contributed by atoms with Crippen molar-refractivity contribution in [1.82, 2.24) is 5.32 Å². The second-order valence-corrected chi connectivity index (χ2v) is 4.02. The Kier molecular flexibility index (Phi) is 5.25. The molecule has 2 unspecified atom stereocenters. The molecule has 0 aliphatic carbocycles. The van der Waals surface area contributed by atoms with Crippen molar-refractivity contribution >= 4 is 5.97 Å². The Labute approximate surface area is 102 Å². The van der Waals surface area contributed by atoms with Crippen LogP contribution in [0.3, 0.4) is 0 Å². The van der Waals surface area contributed by atoms with Crippen LogP contribution in [-0.4, -0.2) is 23.7 Å². The van der Waals surface area contributed by atoms with Crippen LogP contribution in [0.15, 0.2) is 30.3 Å². The van der Waals surface area contributed by atoms with E-state index in [0.29, 0.717) is 13.0 Å². The first-order valence-corrected chi connectivity index (χ1v) is 5.59. The summed E-state index contributed by atoms with van der Waals surface area (Å²) in [6, 6.07) is 9.34. The van der Waals surface area contributed by atoms with E-state index in [1.54, 1.807) is 0 Å². The van der Waals surface area contributed by atoms with Gasteiger partial charge in [-0.3, -0.25) is 4.79 Å². The van der Waals surface area contributed by atoms with Gasteiger partial charge in [-0.15, -0.1) is 12.3 Å². The van der Waals surface area contributed by atoms with Crippen LogP contribution in [0.5, 0.6) is 0 Å². The maximum absolute atomic E-state index is 11.2. The molecule has 1 aromatic carbocycles. The zero-order valence-electron chi connectivity index (χ0n) is 9.89. The van der Waals surface area contributed by atoms with Crippen LogP contribution in [0, 0.1) is 12.3 Å². The van der Waals surface area contributed by atoms with Crippen molar-refractivity contribution in [2.45, 2.75) is 25.3 Å². The van der Waals surface area contributed by atoms with Crippen LogP contribution in [-0.2, 0) is 4.79 Å². The van der Waals surface area contributed by atoms with E-state index in [0.717, 1.165) is 5.56 Å². The molecule has 2 N–H and O–H groups in total. The minimum atomic E-state index is -0.823. The molecular weight excluding hydrogens is 214 g/mol. The quantitative estimate of drug-likeness (QED) is 0.735. The molecule has 1 rings (SSSR count). The number of rotatable bonds is 6. The van der Waals surface area contributed by atoms with E-state index in [9.17, 15) is 9.90 Å². The molecule has 0 bridgehead atoms. The molecule has 0 saturated carbocycles. The van der Waals surface area contributed by atoms with E-state index in [2.05, 4.69) is 11.2 Å². The summed E-state index contributed by atoms with van der Waals surface area (Å²) in [7, 11) is 0. The van der Waals surface area contributed by atoms with Crippen molar-refractivity contribution in [3.63, 3.8) is 0 Å². The summed E-state index contributed by atoms with van der Waals surface area (Å²) in [6.45, 7) is 2.34. The molecule has 90 valence electrons. The maximum Gasteiger partial charge on any atom is 0.312 e. The van der Waals surface area contributed by atoms with E-state index < -0.39 is 11.9 Å². The normalized spacial score (nSPS) is 13.6. The predicted octanol–water partition coefficient (Wildman–Crippen LogP) is 1.86. The molecule has 0 heterocycles. The van der Waals surface area contributed by atoms with Gasteiger partial charge in [0, 0.05) is 19.0 Å². The second-order valence-electron chi connectivity index (χ2n) is 4.02. The van der Waals surface area contributed by atoms with Gasteiger partial charge in [-0.2, -0.15) is 0 Å². The molecule has 0 amide bonds. The van der Waals surface area contributed by atoms with Gasteiger partial charge in [0.25, 0.3) is 0 Å². The third-order valence-corrected chi connectivity index (χ3v) is 2.59. The highest BCUT2D eigenvalue weighted by Gasteiger charge is 2.19. The van der Waals surface area contributed by atoms with Gasteiger partial charge in [0.15, 0.2) is 0 Å². The lowest BCUT2D eigenvalue weighted by Gasteiger charge is -2.16. The van der Waals surface area contributed by atoms with Crippen LogP contribution >= 0.6 is 0 Å². The van der Waals surface area contributed by atoms with Gasteiger partial charge in [0.05, 0.1) is 5.92 Å². The summed E-state index contributed by atoms with van der Waals surface area (Å²) in [6.07, 6.45) is 5.80. The molecule has 3 heteroatoms. The molecule has 0 spiro atoms. The van der Waals surface area contributed by atoms with E-state index in [-0.39, 0.29) is 6.04 Å². The van der Waals surface area contributed by atoms with Crippen molar-refractivity contribution in [3.8, 4) is 12.3 Å². The van der Waals surface area contributed by atoms with Crippen molar-refractivity contribution in [1.29, 1.82) is 0 Å². The SMILES string of the molecule is C#CCC(C)NCC(C(=O)O)c1ccccc1. The minimum Gasteiger partial charge on any atom is -0.481 e. The lowest BCUT2D eigenvalue weighted by Crippen LogP contribution is -2.33. The fourth-order valence-electron chi connectivity index (χ4n) is 1.60. The highest BCUT2D eigenvalue weighted by molar-refractivity contribution is 5.76. The van der Waals surface area contributed by atoms with Gasteiger partial charge >= 0.3 is 5.97 Å². The summed E-state index contributed by atoms with van der Waals surface area (Å²) in [5.41, 5.74) is 0.806. The third kappa shape index (κ3) is 4.29. The lowest BCUT2D eigenvalue weighted by molar-refractivity contribution is -0.138. The summed E-state index contributed by atoms with van der Waals surface area (Å²) in [5, 5.41) is 12.3. The number of carboxylic acid groups (broad SMARTS) is 1. The molecule has 17 heavy (non-hydrogen) atoms. The van der Waals surface area contributed by atoms with Crippen molar-refractivity contribution < 1.29 is 9.90 Å². The highest BCUT2D eigenvalue weighted by Crippen LogP contribution is 2.15. The van der Waals surface area contributed by atoms with Crippen molar-refractivity contribution in [2.24, 2.45) is 0 Å². The summed E-state index contributed by atoms with van der Waals surface area (Å²) in [4.78, 5) is 11.2. The smallest absolute Gasteiger partial charge is 0.312 e. The Bertz CT molecular complexity index is 394. The number of terminal acetylenes is 1.